The Kier molecular flexibility index (Phi) is 10.3. The molecule has 65 heavy (non-hydrogen) atoms. The van der Waals surface area contributed by atoms with E-state index in [1.165, 1.54) is 44.5 Å². The van der Waals surface area contributed by atoms with E-state index in [1.807, 2.05) is 24.5 Å². The van der Waals surface area contributed by atoms with E-state index in [2.05, 4.69) is 231 Å². The summed E-state index contributed by atoms with van der Waals surface area (Å²) in [5.41, 5.74) is 18.4. The van der Waals surface area contributed by atoms with Gasteiger partial charge in [0.2, 0.25) is 0 Å². The van der Waals surface area contributed by atoms with Crippen molar-refractivity contribution < 1.29 is 21.1 Å². The zero-order chi connectivity index (χ0) is 42.5. The van der Waals surface area contributed by atoms with Crippen molar-refractivity contribution in [2.45, 2.75) is 10.8 Å². The summed E-state index contributed by atoms with van der Waals surface area (Å²) in [6, 6.07) is 90.9. The fraction of sp³-hybridized carbons (Fsp3) is 0.0323. The third-order valence-corrected chi connectivity index (χ3v) is 13.3. The molecule has 0 bridgehead atoms. The summed E-state index contributed by atoms with van der Waals surface area (Å²) in [6.07, 6.45) is 3.83. The van der Waals surface area contributed by atoms with Crippen LogP contribution in [-0.4, -0.2) is 9.97 Å². The number of aromatic nitrogens is 2. The summed E-state index contributed by atoms with van der Waals surface area (Å²) in [4.78, 5) is 10.3. The maximum absolute atomic E-state index is 5.15. The molecule has 0 spiro atoms. The van der Waals surface area contributed by atoms with Crippen molar-refractivity contribution in [3.8, 4) is 22.3 Å². The average Bonchev–Trinajstić information content (AvgIpc) is 3.86. The van der Waals surface area contributed by atoms with Crippen molar-refractivity contribution in [3.05, 3.63) is 322 Å². The maximum atomic E-state index is 5.15. The number of nitrogens with zero attached hydrogens (tertiary/aromatic N) is 2. The minimum Gasteiger partial charge on any atom is -0.260 e. The third-order valence-electron chi connectivity index (χ3n) is 13.3. The van der Waals surface area contributed by atoms with E-state index >= 15 is 0 Å². The monoisotopic (exact) mass is 1010 g/mol. The minimum atomic E-state index is -0.721. The molecule has 0 aliphatic heterocycles. The van der Waals surface area contributed by atoms with Gasteiger partial charge in [-0.1, -0.05) is 170 Å². The van der Waals surface area contributed by atoms with Crippen molar-refractivity contribution in [1.29, 1.82) is 0 Å². The predicted molar refractivity (Wildman–Crippen MR) is 259 cm³/mol. The molecular weight excluding hydrogens is 968 g/mol. The summed E-state index contributed by atoms with van der Waals surface area (Å²) < 4.78 is 0. The molecule has 0 radical (unpaired) electrons. The van der Waals surface area contributed by atoms with Gasteiger partial charge in [0, 0.05) is 12.4 Å². The Morgan fingerprint density at radius 3 is 1.00 bits per heavy atom. The van der Waals surface area contributed by atoms with Gasteiger partial charge in [0.05, 0.1) is 22.2 Å². The van der Waals surface area contributed by atoms with Crippen LogP contribution >= 0.6 is 0 Å². The largest absolute Gasteiger partial charge is 2.00 e. The first-order chi connectivity index (χ1) is 31.8. The van der Waals surface area contributed by atoms with Crippen molar-refractivity contribution in [1.82, 2.24) is 9.97 Å². The Morgan fingerprint density at radius 2 is 0.646 bits per heavy atom. The summed E-state index contributed by atoms with van der Waals surface area (Å²) >= 11 is 0. The molecule has 0 atom stereocenters. The molecule has 2 nitrogen and oxygen atoms in total. The summed E-state index contributed by atoms with van der Waals surface area (Å²) in [5, 5.41) is 0. The van der Waals surface area contributed by atoms with Gasteiger partial charge < -0.3 is 0 Å². The molecule has 0 saturated heterocycles. The maximum Gasteiger partial charge on any atom is 2.00 e. The Bertz CT molecular complexity index is 3060. The number of benzene rings is 8. The first-order valence-corrected chi connectivity index (χ1v) is 21.9. The van der Waals surface area contributed by atoms with Gasteiger partial charge in [0.15, 0.2) is 0 Å². The topological polar surface area (TPSA) is 25.8 Å². The summed E-state index contributed by atoms with van der Waals surface area (Å²) in [7, 11) is 0. The SMILES string of the molecule is [Pt+2].[c-]1c(C(=C(c2ccccc2)c2ccccc2)c2[c-]c(C3(c4ccccn4)c4ccccc4-c4ccccc43)ccc2)cccc1C1(c2ccccn2)c2ccccc2-c2ccccc21. The van der Waals surface area contributed by atoms with Crippen molar-refractivity contribution in [2.75, 3.05) is 0 Å². The molecule has 0 fully saturated rings. The molecule has 2 aromatic heterocycles. The second-order valence-electron chi connectivity index (χ2n) is 16.6. The molecule has 0 unspecified atom stereocenters. The predicted octanol–water partition coefficient (Wildman–Crippen LogP) is 13.8. The van der Waals surface area contributed by atoms with Crippen molar-refractivity contribution in [3.63, 3.8) is 0 Å². The van der Waals surface area contributed by atoms with Crippen LogP contribution in [0.15, 0.2) is 243 Å². The number of fused-ring (bicyclic) bond motifs is 6. The van der Waals surface area contributed by atoms with Crippen LogP contribution in [0.5, 0.6) is 0 Å². The molecule has 0 amide bonds. The van der Waals surface area contributed by atoms with Crippen LogP contribution < -0.4 is 0 Å². The van der Waals surface area contributed by atoms with E-state index in [4.69, 9.17) is 9.97 Å². The zero-order valence-corrected chi connectivity index (χ0v) is 37.6. The summed E-state index contributed by atoms with van der Waals surface area (Å²) in [6.45, 7) is 0. The Labute approximate surface area is 395 Å². The van der Waals surface area contributed by atoms with Crippen molar-refractivity contribution in [2.24, 2.45) is 0 Å². The fourth-order valence-corrected chi connectivity index (χ4v) is 10.8. The van der Waals surface area contributed by atoms with Gasteiger partial charge in [-0.2, -0.15) is 0 Å². The standard InChI is InChI=1S/C62H40N2.Pt/c1-3-21-43(22-4-1)59(44-23-5-2-6-24-44)60(45-25-19-27-47(41-45)61(57-37-15-17-39-63-57)53-33-11-7-29-49(53)50-30-8-12-34-54(50)61)46-26-20-28-48(42-46)62(58-38-16-18-40-64-58)55-35-13-9-31-51(55)52-32-10-14-36-56(52)62;/h1-40H;/q-2;+2. The first-order valence-electron chi connectivity index (χ1n) is 21.9. The number of hydrogen-bond acceptors (Lipinski definition) is 2. The Morgan fingerprint density at radius 1 is 0.308 bits per heavy atom. The molecule has 12 rings (SSSR count). The molecule has 8 aromatic carbocycles. The van der Waals surface area contributed by atoms with Crippen molar-refractivity contribution >= 4 is 11.1 Å². The minimum absolute atomic E-state index is 0. The van der Waals surface area contributed by atoms with Gasteiger partial charge in [-0.05, 0) is 85.5 Å². The molecule has 0 saturated carbocycles. The van der Waals surface area contributed by atoms with E-state index in [1.54, 1.807) is 0 Å². The number of pyridine rings is 2. The smallest absolute Gasteiger partial charge is 0.260 e. The Balaban J connectivity index is 0.00000469. The molecule has 3 heteroatoms. The second-order valence-corrected chi connectivity index (χ2v) is 16.6. The van der Waals surface area contributed by atoms with E-state index < -0.39 is 10.8 Å². The van der Waals surface area contributed by atoms with Gasteiger partial charge in [0.1, 0.15) is 0 Å². The van der Waals surface area contributed by atoms with Gasteiger partial charge in [-0.25, -0.2) is 0 Å². The van der Waals surface area contributed by atoms with Crippen LogP contribution in [-0.2, 0) is 31.9 Å². The van der Waals surface area contributed by atoms with Crippen LogP contribution in [0.2, 0.25) is 0 Å². The van der Waals surface area contributed by atoms with E-state index in [0.717, 1.165) is 55.9 Å². The molecule has 10 aromatic rings. The van der Waals surface area contributed by atoms with Crippen LogP contribution in [0.3, 0.4) is 0 Å². The third kappa shape index (κ3) is 6.20. The normalized spacial score (nSPS) is 13.4. The number of hydrogen-bond donors (Lipinski definition) is 0. The van der Waals surface area contributed by atoms with E-state index in [-0.39, 0.29) is 21.1 Å². The second kappa shape index (κ2) is 16.6. The van der Waals surface area contributed by atoms with Gasteiger partial charge >= 0.3 is 21.1 Å². The molecular formula is C62H40N2Pt. The first kappa shape index (κ1) is 40.3. The van der Waals surface area contributed by atoms with Crippen LogP contribution in [0.25, 0.3) is 33.4 Å². The summed E-state index contributed by atoms with van der Waals surface area (Å²) in [5.74, 6) is 0. The molecule has 2 aliphatic rings. The van der Waals surface area contributed by atoms with E-state index in [9.17, 15) is 0 Å². The van der Waals surface area contributed by atoms with Gasteiger partial charge in [0.25, 0.3) is 0 Å². The van der Waals surface area contributed by atoms with Crippen LogP contribution in [0, 0.1) is 12.1 Å². The van der Waals surface area contributed by atoms with Gasteiger partial charge in [-0.3, -0.25) is 9.97 Å². The average molecular weight is 1010 g/mol. The molecule has 2 heterocycles. The van der Waals surface area contributed by atoms with Crippen LogP contribution in [0.4, 0.5) is 0 Å². The molecule has 2 aliphatic carbocycles. The molecule has 0 N–H and O–H groups in total. The van der Waals surface area contributed by atoms with Crippen LogP contribution in [0.1, 0.15) is 67.0 Å². The number of rotatable bonds is 8. The molecule has 308 valence electrons. The van der Waals surface area contributed by atoms with E-state index in [0.29, 0.717) is 0 Å². The van der Waals surface area contributed by atoms with Gasteiger partial charge in [-0.15, -0.1) is 76.4 Å². The fourth-order valence-electron chi connectivity index (χ4n) is 10.8. The Hall–Kier alpha value is -7.51. The zero-order valence-electron chi connectivity index (χ0n) is 35.3. The quantitative estimate of drug-likeness (QED) is 0.112.